The minimum absolute atomic E-state index is 0.00335. The van der Waals surface area contributed by atoms with E-state index in [2.05, 4.69) is 20.6 Å². The Bertz CT molecular complexity index is 1210. The first-order valence-electron chi connectivity index (χ1n) is 11.6. The lowest BCUT2D eigenvalue weighted by atomic mass is 9.75. The lowest BCUT2D eigenvalue weighted by molar-refractivity contribution is -0.144. The Morgan fingerprint density at radius 3 is 2.65 bits per heavy atom. The van der Waals surface area contributed by atoms with Gasteiger partial charge in [-0.05, 0) is 25.5 Å². The second-order valence-electron chi connectivity index (χ2n) is 7.93. The van der Waals surface area contributed by atoms with Crippen LogP contribution in [0.2, 0.25) is 5.02 Å². The van der Waals surface area contributed by atoms with Gasteiger partial charge in [0.15, 0.2) is 5.13 Å². The summed E-state index contributed by atoms with van der Waals surface area (Å²) in [5.41, 5.74) is 1.96. The van der Waals surface area contributed by atoms with E-state index >= 15 is 0 Å². The molecule has 3 rings (SSSR count). The van der Waals surface area contributed by atoms with Crippen LogP contribution in [0.15, 0.2) is 45.9 Å². The van der Waals surface area contributed by atoms with Gasteiger partial charge in [-0.25, -0.2) is 9.78 Å². The van der Waals surface area contributed by atoms with Crippen molar-refractivity contribution in [3.8, 4) is 0 Å². The van der Waals surface area contributed by atoms with Gasteiger partial charge in [-0.3, -0.25) is 14.6 Å². The molecule has 0 aliphatic carbocycles. The van der Waals surface area contributed by atoms with Crippen molar-refractivity contribution >= 4 is 51.6 Å². The summed E-state index contributed by atoms with van der Waals surface area (Å²) < 4.78 is 16.2. The van der Waals surface area contributed by atoms with E-state index in [0.29, 0.717) is 39.4 Å². The number of aliphatic imine (C=N–C) groups is 1. The van der Waals surface area contributed by atoms with E-state index in [9.17, 15) is 14.4 Å². The Hall–Kier alpha value is -3.28. The Morgan fingerprint density at radius 2 is 1.97 bits per heavy atom. The molecule has 2 unspecified atom stereocenters. The number of carbonyl (C=O) groups is 3. The van der Waals surface area contributed by atoms with Crippen LogP contribution in [0, 0.1) is 5.92 Å². The lowest BCUT2D eigenvalue weighted by Crippen LogP contribution is -2.37. The molecule has 1 aromatic carbocycles. The first-order chi connectivity index (χ1) is 17.8. The number of halogens is 1. The van der Waals surface area contributed by atoms with Gasteiger partial charge in [-0.1, -0.05) is 29.8 Å². The zero-order valence-electron chi connectivity index (χ0n) is 21.0. The minimum atomic E-state index is -0.853. The average Bonchev–Trinajstić information content (AvgIpc) is 3.36. The topological polar surface area (TPSA) is 128 Å². The highest BCUT2D eigenvalue weighted by Gasteiger charge is 2.43. The summed E-state index contributed by atoms with van der Waals surface area (Å²) >= 11 is 7.82. The van der Waals surface area contributed by atoms with Crippen molar-refractivity contribution < 1.29 is 28.6 Å². The molecular weight excluding hydrogens is 520 g/mol. The summed E-state index contributed by atoms with van der Waals surface area (Å²) in [6.45, 7) is 4.23. The van der Waals surface area contributed by atoms with Crippen molar-refractivity contribution in [2.24, 2.45) is 10.9 Å². The summed E-state index contributed by atoms with van der Waals surface area (Å²) in [6.07, 6.45) is 0. The maximum Gasteiger partial charge on any atom is 0.336 e. The Kier molecular flexibility index (Phi) is 10.2. The largest absolute Gasteiger partial charge is 0.468 e. The lowest BCUT2D eigenvalue weighted by Gasteiger charge is -2.32. The van der Waals surface area contributed by atoms with E-state index in [1.54, 1.807) is 50.5 Å². The van der Waals surface area contributed by atoms with E-state index in [1.165, 1.54) is 18.4 Å². The quantitative estimate of drug-likeness (QED) is 0.323. The average molecular weight is 549 g/mol. The third-order valence-electron chi connectivity index (χ3n) is 5.63. The molecule has 12 heteroatoms. The second-order valence-corrected chi connectivity index (χ2v) is 9.20. The minimum Gasteiger partial charge on any atom is -0.468 e. The van der Waals surface area contributed by atoms with Gasteiger partial charge < -0.3 is 24.8 Å². The van der Waals surface area contributed by atoms with Gasteiger partial charge in [0.2, 0.25) is 0 Å². The summed E-state index contributed by atoms with van der Waals surface area (Å²) in [4.78, 5) is 46.4. The van der Waals surface area contributed by atoms with E-state index in [1.807, 2.05) is 0 Å². The van der Waals surface area contributed by atoms with Crippen molar-refractivity contribution in [3.63, 3.8) is 0 Å². The first-order valence-corrected chi connectivity index (χ1v) is 12.8. The molecule has 10 nitrogen and oxygen atoms in total. The predicted octanol–water partition coefficient (Wildman–Crippen LogP) is 3.45. The van der Waals surface area contributed by atoms with Gasteiger partial charge in [-0.15, -0.1) is 11.3 Å². The molecule has 1 amide bonds. The molecule has 0 bridgehead atoms. The Labute approximate surface area is 224 Å². The zero-order chi connectivity index (χ0) is 26.9. The normalized spacial score (nSPS) is 17.2. The van der Waals surface area contributed by atoms with E-state index in [-0.39, 0.29) is 31.3 Å². The monoisotopic (exact) mass is 548 g/mol. The van der Waals surface area contributed by atoms with Crippen LogP contribution in [-0.2, 0) is 23.8 Å². The molecule has 2 heterocycles. The molecule has 2 N–H and O–H groups in total. The van der Waals surface area contributed by atoms with Gasteiger partial charge >= 0.3 is 11.9 Å². The van der Waals surface area contributed by atoms with E-state index < -0.39 is 23.8 Å². The zero-order valence-corrected chi connectivity index (χ0v) is 22.6. The maximum atomic E-state index is 13.2. The van der Waals surface area contributed by atoms with Crippen molar-refractivity contribution in [2.75, 3.05) is 45.8 Å². The van der Waals surface area contributed by atoms with Crippen LogP contribution < -0.4 is 10.6 Å². The number of nitrogens with one attached hydrogen (secondary N) is 2. The van der Waals surface area contributed by atoms with Crippen molar-refractivity contribution in [1.82, 2.24) is 10.3 Å². The number of aromatic nitrogens is 1. The van der Waals surface area contributed by atoms with Crippen molar-refractivity contribution in [3.05, 3.63) is 57.2 Å². The molecule has 1 aromatic heterocycles. The third kappa shape index (κ3) is 6.73. The highest BCUT2D eigenvalue weighted by molar-refractivity contribution is 7.13. The smallest absolute Gasteiger partial charge is 0.336 e. The number of esters is 2. The second kappa shape index (κ2) is 13.3. The summed E-state index contributed by atoms with van der Waals surface area (Å²) in [7, 11) is 2.83. The molecule has 2 aromatic rings. The predicted molar refractivity (Wildman–Crippen MR) is 141 cm³/mol. The molecule has 0 saturated carbocycles. The van der Waals surface area contributed by atoms with Crippen LogP contribution in [0.25, 0.3) is 0 Å². The van der Waals surface area contributed by atoms with Gasteiger partial charge in [0.25, 0.3) is 5.91 Å². The van der Waals surface area contributed by atoms with Crippen LogP contribution in [0.1, 0.15) is 35.8 Å². The maximum absolute atomic E-state index is 13.2. The molecule has 37 heavy (non-hydrogen) atoms. The Balaban J connectivity index is 1.83. The fourth-order valence-electron chi connectivity index (χ4n) is 3.98. The van der Waals surface area contributed by atoms with Crippen LogP contribution in [0.3, 0.4) is 0 Å². The number of anilines is 1. The highest BCUT2D eigenvalue weighted by atomic mass is 35.5. The molecular formula is C25H29ClN4O6S. The van der Waals surface area contributed by atoms with Crippen LogP contribution >= 0.6 is 22.9 Å². The number of thiazole rings is 1. The number of rotatable bonds is 11. The number of methoxy groups -OCH3 is 1. The molecule has 1 aliphatic heterocycles. The van der Waals surface area contributed by atoms with Crippen LogP contribution in [0.4, 0.5) is 5.13 Å². The number of carbonyl (C=O) groups excluding carboxylic acids is 3. The van der Waals surface area contributed by atoms with E-state index in [0.717, 1.165) is 0 Å². The fraction of sp³-hybridized carbons (Fsp3) is 0.400. The Morgan fingerprint density at radius 1 is 1.22 bits per heavy atom. The number of nitrogens with zero attached hydrogens (tertiary/aromatic N) is 2. The van der Waals surface area contributed by atoms with Gasteiger partial charge in [0.1, 0.15) is 11.6 Å². The number of amides is 1. The summed E-state index contributed by atoms with van der Waals surface area (Å²) in [5, 5.41) is 8.27. The van der Waals surface area contributed by atoms with Crippen LogP contribution in [-0.4, -0.2) is 69.1 Å². The molecule has 1 aliphatic rings. The van der Waals surface area contributed by atoms with Crippen LogP contribution in [0.5, 0.6) is 0 Å². The first kappa shape index (κ1) is 28.3. The molecule has 198 valence electrons. The number of hydrogen-bond donors (Lipinski definition) is 2. The van der Waals surface area contributed by atoms with Crippen molar-refractivity contribution in [2.45, 2.75) is 19.8 Å². The highest BCUT2D eigenvalue weighted by Crippen LogP contribution is 2.42. The summed E-state index contributed by atoms with van der Waals surface area (Å²) in [5.74, 6) is -3.00. The molecule has 0 fully saturated rings. The summed E-state index contributed by atoms with van der Waals surface area (Å²) in [6, 6.07) is 7.03. The number of hydrogen-bond acceptors (Lipinski definition) is 10. The van der Waals surface area contributed by atoms with Crippen molar-refractivity contribution in [1.29, 1.82) is 0 Å². The molecule has 0 spiro atoms. The number of benzene rings is 1. The van der Waals surface area contributed by atoms with E-state index in [4.69, 9.17) is 25.8 Å². The molecule has 2 atom stereocenters. The van der Waals surface area contributed by atoms with Gasteiger partial charge in [-0.2, -0.15) is 0 Å². The number of ether oxygens (including phenoxy) is 3. The third-order valence-corrected chi connectivity index (χ3v) is 6.78. The standard InChI is InChI=1S/C25H29ClN4O6S/c1-5-36-24(33)21-17(12-35-11-10-28-25-30-18(13-37-25)22(31)27-3)29-14(2)19(23(32)34-4)20(21)15-8-6-7-9-16(15)26/h6-9,13,19-20H,5,10-12H2,1-4H3,(H,27,31)(H,28,30). The SMILES string of the molecule is CCOC(=O)C1=C(COCCNc2nc(C(=O)NC)cs2)N=C(C)C(C(=O)OC)C1c1ccccc1Cl. The molecule has 0 radical (unpaired) electrons. The fourth-order valence-corrected chi connectivity index (χ4v) is 4.95. The van der Waals surface area contributed by atoms with Gasteiger partial charge in [0, 0.05) is 35.6 Å². The van der Waals surface area contributed by atoms with Gasteiger partial charge in [0.05, 0.1) is 38.2 Å². The molecule has 0 saturated heterocycles.